The van der Waals surface area contributed by atoms with E-state index in [2.05, 4.69) is 12.6 Å². The number of methoxy groups -OCH3 is 1. The Bertz CT molecular complexity index is 797. The highest BCUT2D eigenvalue weighted by Crippen LogP contribution is 2.48. The number of carbonyl (C=O) groups is 1. The summed E-state index contributed by atoms with van der Waals surface area (Å²) in [5, 5.41) is 9.19. The van der Waals surface area contributed by atoms with E-state index in [9.17, 15) is 10.1 Å². The van der Waals surface area contributed by atoms with Crippen LogP contribution in [0.1, 0.15) is 37.8 Å². The first-order chi connectivity index (χ1) is 13.4. The Labute approximate surface area is 166 Å². The molecule has 7 nitrogen and oxygen atoms in total. The molecule has 1 aliphatic rings. The predicted octanol–water partition coefficient (Wildman–Crippen LogP) is 2.77. The van der Waals surface area contributed by atoms with E-state index in [1.54, 1.807) is 29.3 Å². The number of carbonyl (C=O) groups excluding carboxylic acids is 1. The molecule has 150 valence electrons. The zero-order valence-corrected chi connectivity index (χ0v) is 16.6. The lowest BCUT2D eigenvalue weighted by Gasteiger charge is -2.37. The number of allylic oxidation sites excluding steroid dienone is 1. The van der Waals surface area contributed by atoms with Gasteiger partial charge in [-0.3, -0.25) is 0 Å². The van der Waals surface area contributed by atoms with E-state index in [0.717, 1.165) is 5.70 Å². The zero-order valence-electron chi connectivity index (χ0n) is 16.6. The molecule has 7 heteroatoms. The third-order valence-corrected chi connectivity index (χ3v) is 4.72. The van der Waals surface area contributed by atoms with Crippen LogP contribution in [0.2, 0.25) is 0 Å². The Morgan fingerprint density at radius 3 is 2.79 bits per heavy atom. The number of nitriles is 1. The third-order valence-electron chi connectivity index (χ3n) is 4.72. The quantitative estimate of drug-likeness (QED) is 0.543. The lowest BCUT2D eigenvalue weighted by molar-refractivity contribution is -0.157. The van der Waals surface area contributed by atoms with Gasteiger partial charge < -0.3 is 24.8 Å². The smallest absolute Gasteiger partial charge is 0.337 e. The van der Waals surface area contributed by atoms with Crippen molar-refractivity contribution in [2.75, 3.05) is 20.3 Å². The number of nitrogens with two attached hydrogens (primary N) is 1. The molecular formula is C21H27N3O4. The number of ether oxygens (including phenoxy) is 3. The maximum Gasteiger partial charge on any atom is 0.337 e. The van der Waals surface area contributed by atoms with Gasteiger partial charge in [0.15, 0.2) is 5.54 Å². The van der Waals surface area contributed by atoms with Crippen LogP contribution >= 0.6 is 0 Å². The maximum atomic E-state index is 13.3. The molecule has 0 aromatic heterocycles. The SMILES string of the molecule is C=CN1/C(=C\N)CCC1(C(=O)OCCOC(C)C)c1ccc(C#N)cc1OC. The molecule has 0 amide bonds. The molecule has 0 aliphatic carbocycles. The van der Waals surface area contributed by atoms with Crippen LogP contribution in [-0.4, -0.2) is 37.3 Å². The lowest BCUT2D eigenvalue weighted by atomic mass is 9.86. The minimum Gasteiger partial charge on any atom is -0.496 e. The van der Waals surface area contributed by atoms with Gasteiger partial charge in [-0.1, -0.05) is 12.6 Å². The summed E-state index contributed by atoms with van der Waals surface area (Å²) in [6.45, 7) is 8.12. The van der Waals surface area contributed by atoms with Crippen molar-refractivity contribution in [1.82, 2.24) is 4.90 Å². The molecule has 2 rings (SSSR count). The number of likely N-dealkylation sites (tertiary alicyclic amines) is 1. The fourth-order valence-electron chi connectivity index (χ4n) is 3.45. The predicted molar refractivity (Wildman–Crippen MR) is 105 cm³/mol. The highest BCUT2D eigenvalue weighted by molar-refractivity contribution is 5.85. The van der Waals surface area contributed by atoms with E-state index in [4.69, 9.17) is 19.9 Å². The number of benzene rings is 1. The highest BCUT2D eigenvalue weighted by atomic mass is 16.6. The van der Waals surface area contributed by atoms with Gasteiger partial charge in [-0.15, -0.1) is 0 Å². The largest absolute Gasteiger partial charge is 0.496 e. The number of rotatable bonds is 8. The number of esters is 1. The van der Waals surface area contributed by atoms with Crippen molar-refractivity contribution >= 4 is 5.97 Å². The van der Waals surface area contributed by atoms with Gasteiger partial charge in [0.2, 0.25) is 0 Å². The van der Waals surface area contributed by atoms with Gasteiger partial charge in [0.25, 0.3) is 0 Å². The summed E-state index contributed by atoms with van der Waals surface area (Å²) in [5.41, 5.74) is 6.39. The molecule has 0 spiro atoms. The Balaban J connectivity index is 2.48. The Kier molecular flexibility index (Phi) is 7.07. The normalized spacial score (nSPS) is 20.2. The molecule has 1 heterocycles. The van der Waals surface area contributed by atoms with Crippen molar-refractivity contribution in [2.24, 2.45) is 5.73 Å². The number of hydrogen-bond acceptors (Lipinski definition) is 7. The van der Waals surface area contributed by atoms with E-state index in [1.165, 1.54) is 13.3 Å². The zero-order chi connectivity index (χ0) is 20.7. The van der Waals surface area contributed by atoms with Crippen LogP contribution in [0.15, 0.2) is 42.9 Å². The van der Waals surface area contributed by atoms with Crippen LogP contribution in [0, 0.1) is 11.3 Å². The fraction of sp³-hybridized carbons (Fsp3) is 0.429. The van der Waals surface area contributed by atoms with Crippen molar-refractivity contribution in [3.8, 4) is 11.8 Å². The second kappa shape index (κ2) is 9.29. The highest BCUT2D eigenvalue weighted by Gasteiger charge is 2.52. The molecule has 1 aromatic rings. The molecule has 1 aromatic carbocycles. The first kappa shape index (κ1) is 21.3. The second-order valence-corrected chi connectivity index (χ2v) is 6.65. The topological polar surface area (TPSA) is 97.8 Å². The molecule has 28 heavy (non-hydrogen) atoms. The molecule has 1 unspecified atom stereocenters. The Hall–Kier alpha value is -2.98. The van der Waals surface area contributed by atoms with E-state index in [-0.39, 0.29) is 12.7 Å². The summed E-state index contributed by atoms with van der Waals surface area (Å²) in [6, 6.07) is 7.06. The van der Waals surface area contributed by atoms with Crippen LogP contribution < -0.4 is 10.5 Å². The van der Waals surface area contributed by atoms with E-state index in [1.807, 2.05) is 13.8 Å². The van der Waals surface area contributed by atoms with Crippen LogP contribution in [0.4, 0.5) is 0 Å². The first-order valence-electron chi connectivity index (χ1n) is 9.14. The fourth-order valence-corrected chi connectivity index (χ4v) is 3.45. The van der Waals surface area contributed by atoms with Crippen molar-refractivity contribution in [2.45, 2.75) is 38.3 Å². The van der Waals surface area contributed by atoms with Crippen LogP contribution in [0.3, 0.4) is 0 Å². The molecule has 2 N–H and O–H groups in total. The van der Waals surface area contributed by atoms with Crippen LogP contribution in [-0.2, 0) is 19.8 Å². The summed E-state index contributed by atoms with van der Waals surface area (Å²) >= 11 is 0. The minimum atomic E-state index is -1.18. The van der Waals surface area contributed by atoms with Gasteiger partial charge >= 0.3 is 5.97 Å². The molecule has 0 saturated carbocycles. The van der Waals surface area contributed by atoms with Gasteiger partial charge in [-0.25, -0.2) is 4.79 Å². The third kappa shape index (κ3) is 3.97. The summed E-state index contributed by atoms with van der Waals surface area (Å²) in [4.78, 5) is 15.0. The molecular weight excluding hydrogens is 358 g/mol. The minimum absolute atomic E-state index is 0.0502. The Morgan fingerprint density at radius 2 is 2.21 bits per heavy atom. The maximum absolute atomic E-state index is 13.3. The second-order valence-electron chi connectivity index (χ2n) is 6.65. The van der Waals surface area contributed by atoms with Crippen molar-refractivity contribution in [3.05, 3.63) is 54.0 Å². The summed E-state index contributed by atoms with van der Waals surface area (Å²) in [6.07, 6.45) is 4.09. The summed E-state index contributed by atoms with van der Waals surface area (Å²) in [7, 11) is 1.50. The molecule has 1 fully saturated rings. The monoisotopic (exact) mass is 385 g/mol. The van der Waals surface area contributed by atoms with Crippen molar-refractivity contribution in [3.63, 3.8) is 0 Å². The standard InChI is InChI=1S/C21H27N3O4/c1-5-24-17(14-23)8-9-21(24,20(25)28-11-10-27-15(2)3)18-7-6-16(13-22)12-19(18)26-4/h5-7,12,14-15H,1,8-11,23H2,2-4H3/b17-14-. The molecule has 0 radical (unpaired) electrons. The Morgan fingerprint density at radius 1 is 1.46 bits per heavy atom. The van der Waals surface area contributed by atoms with E-state index < -0.39 is 11.5 Å². The summed E-state index contributed by atoms with van der Waals surface area (Å²) in [5.74, 6) is -0.0147. The van der Waals surface area contributed by atoms with Gasteiger partial charge in [0.1, 0.15) is 12.4 Å². The first-order valence-corrected chi connectivity index (χ1v) is 9.14. The molecule has 1 aliphatic heterocycles. The van der Waals surface area contributed by atoms with Crippen molar-refractivity contribution in [1.29, 1.82) is 5.26 Å². The van der Waals surface area contributed by atoms with Gasteiger partial charge in [-0.2, -0.15) is 5.26 Å². The van der Waals surface area contributed by atoms with E-state index >= 15 is 0 Å². The van der Waals surface area contributed by atoms with E-state index in [0.29, 0.717) is 36.3 Å². The van der Waals surface area contributed by atoms with Crippen LogP contribution in [0.5, 0.6) is 5.75 Å². The molecule has 1 saturated heterocycles. The molecule has 0 bridgehead atoms. The average molecular weight is 385 g/mol. The molecule has 1 atom stereocenters. The van der Waals surface area contributed by atoms with Gasteiger partial charge in [0.05, 0.1) is 31.5 Å². The lowest BCUT2D eigenvalue weighted by Crippen LogP contribution is -2.46. The van der Waals surface area contributed by atoms with Crippen molar-refractivity contribution < 1.29 is 19.0 Å². The van der Waals surface area contributed by atoms with Gasteiger partial charge in [-0.05, 0) is 45.0 Å². The van der Waals surface area contributed by atoms with Gasteiger partial charge in [0, 0.05) is 17.5 Å². The van der Waals surface area contributed by atoms with Crippen LogP contribution in [0.25, 0.3) is 0 Å². The summed E-state index contributed by atoms with van der Waals surface area (Å²) < 4.78 is 16.5. The number of hydrogen-bond donors (Lipinski definition) is 1. The number of nitrogens with zero attached hydrogens (tertiary/aromatic N) is 2. The average Bonchev–Trinajstić information content (AvgIpc) is 3.09.